The maximum Gasteiger partial charge on any atom is 0.337 e. The van der Waals surface area contributed by atoms with Crippen molar-refractivity contribution in [1.82, 2.24) is 9.47 Å². The second kappa shape index (κ2) is 5.17. The summed E-state index contributed by atoms with van der Waals surface area (Å²) >= 11 is 0. The first-order valence-electron chi connectivity index (χ1n) is 6.56. The van der Waals surface area contributed by atoms with Gasteiger partial charge in [-0.25, -0.2) is 4.79 Å². The summed E-state index contributed by atoms with van der Waals surface area (Å²) in [7, 11) is 2.06. The van der Waals surface area contributed by atoms with Gasteiger partial charge in [-0.3, -0.25) is 4.79 Å². The van der Waals surface area contributed by atoms with Crippen molar-refractivity contribution in [2.45, 2.75) is 32.7 Å². The van der Waals surface area contributed by atoms with Gasteiger partial charge in [0.1, 0.15) is 0 Å². The van der Waals surface area contributed by atoms with Gasteiger partial charge in [-0.15, -0.1) is 0 Å². The van der Waals surface area contributed by atoms with Crippen molar-refractivity contribution in [3.05, 3.63) is 33.2 Å². The third-order valence-electron chi connectivity index (χ3n) is 3.96. The average molecular weight is 264 g/mol. The molecule has 2 rings (SSSR count). The lowest BCUT2D eigenvalue weighted by molar-refractivity contribution is 0.0693. The van der Waals surface area contributed by atoms with Gasteiger partial charge in [0.25, 0.3) is 5.56 Å². The summed E-state index contributed by atoms with van der Waals surface area (Å²) in [5.41, 5.74) is 1.29. The molecule has 1 aromatic rings. The van der Waals surface area contributed by atoms with Crippen LogP contribution >= 0.6 is 0 Å². The number of aromatic carboxylic acids is 1. The Labute approximate surface area is 112 Å². The van der Waals surface area contributed by atoms with E-state index in [4.69, 9.17) is 0 Å². The number of nitrogens with zero attached hydrogens (tertiary/aromatic N) is 2. The summed E-state index contributed by atoms with van der Waals surface area (Å²) in [5.74, 6) is -0.961. The fourth-order valence-corrected chi connectivity index (χ4v) is 2.93. The van der Waals surface area contributed by atoms with Crippen molar-refractivity contribution in [3.63, 3.8) is 0 Å². The van der Waals surface area contributed by atoms with Gasteiger partial charge < -0.3 is 14.6 Å². The molecule has 0 aliphatic carbocycles. The Morgan fingerprint density at radius 1 is 1.32 bits per heavy atom. The second-order valence-corrected chi connectivity index (χ2v) is 5.34. The first-order valence-corrected chi connectivity index (χ1v) is 6.56. The molecule has 0 saturated carbocycles. The summed E-state index contributed by atoms with van der Waals surface area (Å²) < 4.78 is 1.67. The van der Waals surface area contributed by atoms with Gasteiger partial charge in [0, 0.05) is 17.8 Å². The van der Waals surface area contributed by atoms with Gasteiger partial charge in [0.15, 0.2) is 0 Å². The molecule has 1 aromatic heterocycles. The number of hydrogen-bond donors (Lipinski definition) is 1. The van der Waals surface area contributed by atoms with Crippen LogP contribution in [0, 0.1) is 13.8 Å². The molecule has 0 spiro atoms. The number of aromatic nitrogens is 1. The van der Waals surface area contributed by atoms with E-state index in [1.165, 1.54) is 6.07 Å². The average Bonchev–Trinajstić information content (AvgIpc) is 2.30. The molecule has 2 heterocycles. The van der Waals surface area contributed by atoms with Crippen LogP contribution in [0.4, 0.5) is 0 Å². The molecule has 0 atom stereocenters. The van der Waals surface area contributed by atoms with E-state index in [0.717, 1.165) is 25.9 Å². The highest BCUT2D eigenvalue weighted by molar-refractivity contribution is 5.90. The van der Waals surface area contributed by atoms with Gasteiger partial charge in [0.2, 0.25) is 0 Å². The summed E-state index contributed by atoms with van der Waals surface area (Å²) in [5, 5.41) is 9.28. The lowest BCUT2D eigenvalue weighted by Gasteiger charge is -2.31. The zero-order valence-electron chi connectivity index (χ0n) is 11.6. The molecule has 1 aliphatic heterocycles. The molecule has 0 bridgehead atoms. The molecule has 5 nitrogen and oxygen atoms in total. The minimum absolute atomic E-state index is 0.0884. The summed E-state index contributed by atoms with van der Waals surface area (Å²) in [6.07, 6.45) is 1.78. The molecule has 1 fully saturated rings. The van der Waals surface area contributed by atoms with Gasteiger partial charge in [-0.2, -0.15) is 0 Å². The van der Waals surface area contributed by atoms with Crippen LogP contribution in [0.1, 0.15) is 40.5 Å². The number of carbonyl (C=O) groups is 1. The van der Waals surface area contributed by atoms with E-state index in [-0.39, 0.29) is 17.2 Å². The number of hydrogen-bond acceptors (Lipinski definition) is 3. The van der Waals surface area contributed by atoms with Crippen LogP contribution in [-0.2, 0) is 0 Å². The van der Waals surface area contributed by atoms with Gasteiger partial charge >= 0.3 is 5.97 Å². The largest absolute Gasteiger partial charge is 0.478 e. The van der Waals surface area contributed by atoms with E-state index >= 15 is 0 Å². The highest BCUT2D eigenvalue weighted by atomic mass is 16.4. The first-order chi connectivity index (χ1) is 8.91. The molecule has 1 N–H and O–H groups in total. The summed E-state index contributed by atoms with van der Waals surface area (Å²) in [6, 6.07) is 1.55. The van der Waals surface area contributed by atoms with Crippen LogP contribution in [-0.4, -0.2) is 40.7 Å². The quantitative estimate of drug-likeness (QED) is 0.877. The number of aryl methyl sites for hydroxylation is 1. The number of carboxylic acid groups (broad SMARTS) is 1. The Morgan fingerprint density at radius 2 is 1.89 bits per heavy atom. The number of carboxylic acids is 1. The second-order valence-electron chi connectivity index (χ2n) is 5.34. The number of rotatable bonds is 2. The third-order valence-corrected chi connectivity index (χ3v) is 3.96. The Kier molecular flexibility index (Phi) is 3.75. The molecular formula is C14H20N2O3. The fourth-order valence-electron chi connectivity index (χ4n) is 2.93. The van der Waals surface area contributed by atoms with E-state index < -0.39 is 5.97 Å². The molecule has 0 aromatic carbocycles. The van der Waals surface area contributed by atoms with E-state index in [1.807, 2.05) is 0 Å². The minimum atomic E-state index is -0.961. The van der Waals surface area contributed by atoms with Crippen molar-refractivity contribution in [2.24, 2.45) is 0 Å². The third kappa shape index (κ3) is 2.56. The van der Waals surface area contributed by atoms with Gasteiger partial charge in [0.05, 0.1) is 5.56 Å². The van der Waals surface area contributed by atoms with Crippen molar-refractivity contribution in [3.8, 4) is 0 Å². The molecule has 1 aliphatic rings. The van der Waals surface area contributed by atoms with E-state index in [0.29, 0.717) is 11.3 Å². The van der Waals surface area contributed by atoms with Gasteiger partial charge in [-0.1, -0.05) is 0 Å². The van der Waals surface area contributed by atoms with E-state index in [1.54, 1.807) is 18.4 Å². The Hall–Kier alpha value is -1.62. The zero-order valence-corrected chi connectivity index (χ0v) is 11.6. The topological polar surface area (TPSA) is 62.5 Å². The standard InChI is InChI=1S/C14H20N2O3/c1-9-8-12(17)16(10(2)13(9)14(18)19)11-4-6-15(3)7-5-11/h8,11H,4-7H2,1-3H3,(H,18,19). The SMILES string of the molecule is Cc1cc(=O)n(C2CCN(C)CC2)c(C)c1C(=O)O. The molecule has 0 amide bonds. The van der Waals surface area contributed by atoms with E-state index in [9.17, 15) is 14.7 Å². The van der Waals surface area contributed by atoms with Crippen molar-refractivity contribution < 1.29 is 9.90 Å². The van der Waals surface area contributed by atoms with E-state index in [2.05, 4.69) is 11.9 Å². The van der Waals surface area contributed by atoms with Crippen molar-refractivity contribution >= 4 is 5.97 Å². The molecular weight excluding hydrogens is 244 g/mol. The van der Waals surface area contributed by atoms with Crippen LogP contribution in [0.15, 0.2) is 10.9 Å². The molecule has 19 heavy (non-hydrogen) atoms. The Bertz CT molecular complexity index is 555. The van der Waals surface area contributed by atoms with Gasteiger partial charge in [-0.05, 0) is 52.4 Å². The molecule has 1 saturated heterocycles. The number of piperidine rings is 1. The highest BCUT2D eigenvalue weighted by Gasteiger charge is 2.23. The van der Waals surface area contributed by atoms with Crippen LogP contribution in [0.3, 0.4) is 0 Å². The molecule has 0 radical (unpaired) electrons. The smallest absolute Gasteiger partial charge is 0.337 e. The predicted molar refractivity (Wildman–Crippen MR) is 72.9 cm³/mol. The summed E-state index contributed by atoms with van der Waals surface area (Å²) in [6.45, 7) is 5.28. The Balaban J connectivity index is 2.48. The van der Waals surface area contributed by atoms with Crippen molar-refractivity contribution in [1.29, 1.82) is 0 Å². The Morgan fingerprint density at radius 3 is 2.42 bits per heavy atom. The fraction of sp³-hybridized carbons (Fsp3) is 0.571. The summed E-state index contributed by atoms with van der Waals surface area (Å²) in [4.78, 5) is 25.7. The number of likely N-dealkylation sites (tertiary alicyclic amines) is 1. The normalized spacial score (nSPS) is 17.6. The monoisotopic (exact) mass is 264 g/mol. The van der Waals surface area contributed by atoms with Crippen LogP contribution in [0.25, 0.3) is 0 Å². The maximum absolute atomic E-state index is 12.2. The molecule has 0 unspecified atom stereocenters. The lowest BCUT2D eigenvalue weighted by Crippen LogP contribution is -2.37. The minimum Gasteiger partial charge on any atom is -0.478 e. The van der Waals surface area contributed by atoms with Crippen molar-refractivity contribution in [2.75, 3.05) is 20.1 Å². The number of pyridine rings is 1. The predicted octanol–water partition coefficient (Wildman–Crippen LogP) is 1.43. The molecule has 104 valence electrons. The van der Waals surface area contributed by atoms with Crippen LogP contribution < -0.4 is 5.56 Å². The first kappa shape index (κ1) is 13.8. The van der Waals surface area contributed by atoms with Crippen LogP contribution in [0.2, 0.25) is 0 Å². The highest BCUT2D eigenvalue weighted by Crippen LogP contribution is 2.23. The lowest BCUT2D eigenvalue weighted by atomic mass is 10.0. The maximum atomic E-state index is 12.2. The zero-order chi connectivity index (χ0) is 14.2. The molecule has 5 heteroatoms. The van der Waals surface area contributed by atoms with Crippen LogP contribution in [0.5, 0.6) is 0 Å².